The molecule has 0 aliphatic rings. The third-order valence-corrected chi connectivity index (χ3v) is 1.91. The third kappa shape index (κ3) is 7.60. The van der Waals surface area contributed by atoms with Crippen LogP contribution in [0.2, 0.25) is 0 Å². The molecule has 0 radical (unpaired) electrons. The molecule has 0 aromatic rings. The molecule has 0 aromatic heterocycles. The van der Waals surface area contributed by atoms with E-state index >= 15 is 0 Å². The average molecular weight is 231 g/mol. The molecule has 3 amide bonds. The van der Waals surface area contributed by atoms with Crippen molar-refractivity contribution in [3.63, 3.8) is 0 Å². The van der Waals surface area contributed by atoms with Crippen LogP contribution in [0, 0.1) is 0 Å². The van der Waals surface area contributed by atoms with Crippen LogP contribution in [-0.4, -0.2) is 35.6 Å². The monoisotopic (exact) mass is 231 g/mol. The number of carboxylic acid groups (broad SMARTS) is 1. The largest absolute Gasteiger partial charge is 0.480 e. The molecule has 16 heavy (non-hydrogen) atoms. The number of aliphatic carboxylic acids is 1. The molecule has 7 nitrogen and oxygen atoms in total. The summed E-state index contributed by atoms with van der Waals surface area (Å²) in [5, 5.41) is 13.4. The molecule has 0 aliphatic carbocycles. The molecule has 0 saturated heterocycles. The first kappa shape index (κ1) is 14.2. The van der Waals surface area contributed by atoms with Crippen LogP contribution in [0.5, 0.6) is 0 Å². The van der Waals surface area contributed by atoms with Crippen LogP contribution in [0.25, 0.3) is 0 Å². The summed E-state index contributed by atoms with van der Waals surface area (Å²) in [5.41, 5.74) is 4.83. The lowest BCUT2D eigenvalue weighted by Crippen LogP contribution is -2.43. The molecule has 0 unspecified atom stereocenters. The molecule has 0 heterocycles. The Morgan fingerprint density at radius 2 is 1.94 bits per heavy atom. The Morgan fingerprint density at radius 3 is 2.38 bits per heavy atom. The zero-order chi connectivity index (χ0) is 12.6. The number of carbonyl (C=O) groups excluding carboxylic acids is 2. The fourth-order valence-corrected chi connectivity index (χ4v) is 1.17. The summed E-state index contributed by atoms with van der Waals surface area (Å²) in [7, 11) is 0. The molecule has 5 N–H and O–H groups in total. The number of hydrogen-bond acceptors (Lipinski definition) is 3. The molecule has 0 fully saturated rings. The number of amides is 3. The van der Waals surface area contributed by atoms with E-state index in [0.29, 0.717) is 19.4 Å². The predicted molar refractivity (Wildman–Crippen MR) is 56.7 cm³/mol. The van der Waals surface area contributed by atoms with Gasteiger partial charge in [-0.15, -0.1) is 0 Å². The summed E-state index contributed by atoms with van der Waals surface area (Å²) in [6.45, 7) is 1.91. The Kier molecular flexibility index (Phi) is 6.66. The van der Waals surface area contributed by atoms with Crippen LogP contribution in [0.15, 0.2) is 0 Å². The number of carbonyl (C=O) groups is 3. The fraction of sp³-hybridized carbons (Fsp3) is 0.667. The molecule has 0 spiro atoms. The van der Waals surface area contributed by atoms with Crippen molar-refractivity contribution in [2.45, 2.75) is 32.2 Å². The Labute approximate surface area is 93.4 Å². The van der Waals surface area contributed by atoms with E-state index < -0.39 is 18.0 Å². The number of carboxylic acids is 1. The van der Waals surface area contributed by atoms with Crippen molar-refractivity contribution >= 4 is 17.9 Å². The van der Waals surface area contributed by atoms with Crippen molar-refractivity contribution in [1.29, 1.82) is 0 Å². The molecule has 1 atom stereocenters. The van der Waals surface area contributed by atoms with Crippen molar-refractivity contribution in [1.82, 2.24) is 10.6 Å². The number of nitrogens with two attached hydrogens (primary N) is 1. The van der Waals surface area contributed by atoms with Crippen LogP contribution in [0.4, 0.5) is 4.79 Å². The second kappa shape index (κ2) is 7.49. The number of urea groups is 1. The minimum absolute atomic E-state index is 0.120. The van der Waals surface area contributed by atoms with Gasteiger partial charge < -0.3 is 21.5 Å². The van der Waals surface area contributed by atoms with Crippen molar-refractivity contribution in [3.05, 3.63) is 0 Å². The first-order valence-corrected chi connectivity index (χ1v) is 4.96. The highest BCUT2D eigenvalue weighted by atomic mass is 16.4. The Bertz CT molecular complexity index is 267. The van der Waals surface area contributed by atoms with Crippen LogP contribution < -0.4 is 16.4 Å². The van der Waals surface area contributed by atoms with Gasteiger partial charge in [-0.05, 0) is 19.3 Å². The minimum atomic E-state index is -1.11. The summed E-state index contributed by atoms with van der Waals surface area (Å²) >= 11 is 0. The van der Waals surface area contributed by atoms with Gasteiger partial charge in [0.15, 0.2) is 0 Å². The zero-order valence-corrected chi connectivity index (χ0v) is 9.16. The first-order valence-electron chi connectivity index (χ1n) is 4.96. The Morgan fingerprint density at radius 1 is 1.31 bits per heavy atom. The number of nitrogens with one attached hydrogen (secondary N) is 2. The zero-order valence-electron chi connectivity index (χ0n) is 9.16. The second-order valence-corrected chi connectivity index (χ2v) is 3.38. The van der Waals surface area contributed by atoms with Gasteiger partial charge in [0.2, 0.25) is 5.91 Å². The van der Waals surface area contributed by atoms with E-state index in [1.54, 1.807) is 0 Å². The lowest BCUT2D eigenvalue weighted by molar-refractivity contribution is -0.139. The van der Waals surface area contributed by atoms with Gasteiger partial charge in [-0.1, -0.05) is 0 Å². The molecule has 0 aliphatic heterocycles. The minimum Gasteiger partial charge on any atom is -0.480 e. The topological polar surface area (TPSA) is 122 Å². The number of hydrogen-bond donors (Lipinski definition) is 4. The average Bonchev–Trinajstić information content (AvgIpc) is 2.14. The highest BCUT2D eigenvalue weighted by Crippen LogP contribution is 2.00. The van der Waals surface area contributed by atoms with Gasteiger partial charge in [0, 0.05) is 13.5 Å². The third-order valence-electron chi connectivity index (χ3n) is 1.91. The smallest absolute Gasteiger partial charge is 0.326 e. The molecule has 0 saturated carbocycles. The quantitative estimate of drug-likeness (QED) is 0.437. The molecule has 92 valence electrons. The first-order chi connectivity index (χ1) is 7.43. The van der Waals surface area contributed by atoms with Gasteiger partial charge >= 0.3 is 12.0 Å². The molecule has 7 heteroatoms. The van der Waals surface area contributed by atoms with E-state index in [-0.39, 0.29) is 12.3 Å². The lowest BCUT2D eigenvalue weighted by atomic mass is 10.1. The van der Waals surface area contributed by atoms with Gasteiger partial charge in [0.25, 0.3) is 0 Å². The van der Waals surface area contributed by atoms with E-state index in [4.69, 9.17) is 10.8 Å². The molecule has 0 rings (SSSR count). The second-order valence-electron chi connectivity index (χ2n) is 3.38. The maximum absolute atomic E-state index is 10.7. The summed E-state index contributed by atoms with van der Waals surface area (Å²) in [5.74, 6) is -1.23. The van der Waals surface area contributed by atoms with Crippen molar-refractivity contribution < 1.29 is 19.5 Å². The number of rotatable bonds is 7. The van der Waals surface area contributed by atoms with Crippen LogP contribution in [-0.2, 0) is 9.59 Å². The van der Waals surface area contributed by atoms with E-state index in [1.807, 2.05) is 0 Å². The maximum Gasteiger partial charge on any atom is 0.326 e. The van der Waals surface area contributed by atoms with Crippen molar-refractivity contribution in [3.8, 4) is 0 Å². The van der Waals surface area contributed by atoms with Crippen LogP contribution in [0.1, 0.15) is 26.2 Å². The molecular formula is C9H17N3O4. The van der Waals surface area contributed by atoms with Crippen molar-refractivity contribution in [2.24, 2.45) is 5.73 Å². The molecule has 0 aromatic carbocycles. The van der Waals surface area contributed by atoms with Gasteiger partial charge in [-0.3, -0.25) is 4.79 Å². The summed E-state index contributed by atoms with van der Waals surface area (Å²) in [4.78, 5) is 31.7. The SMILES string of the molecule is CC(=O)NCCCC[C@H](NC(N)=O)C(=O)O. The van der Waals surface area contributed by atoms with E-state index in [0.717, 1.165) is 0 Å². The number of unbranched alkanes of at least 4 members (excludes halogenated alkanes) is 1. The van der Waals surface area contributed by atoms with E-state index in [9.17, 15) is 14.4 Å². The summed E-state index contributed by atoms with van der Waals surface area (Å²) < 4.78 is 0. The summed E-state index contributed by atoms with van der Waals surface area (Å²) in [6, 6.07) is -1.82. The van der Waals surface area contributed by atoms with Gasteiger partial charge in [-0.25, -0.2) is 9.59 Å². The lowest BCUT2D eigenvalue weighted by Gasteiger charge is -2.12. The maximum atomic E-state index is 10.7. The fourth-order valence-electron chi connectivity index (χ4n) is 1.17. The van der Waals surface area contributed by atoms with Crippen molar-refractivity contribution in [2.75, 3.05) is 6.54 Å². The standard InChI is InChI=1S/C9H17N3O4/c1-6(13)11-5-3-2-4-7(8(14)15)12-9(10)16/h7H,2-5H2,1H3,(H,11,13)(H,14,15)(H3,10,12,16)/t7-/m0/s1. The normalized spacial score (nSPS) is 11.6. The van der Waals surface area contributed by atoms with Gasteiger partial charge in [0.1, 0.15) is 6.04 Å². The molecular weight excluding hydrogens is 214 g/mol. The van der Waals surface area contributed by atoms with E-state index in [1.165, 1.54) is 6.92 Å². The van der Waals surface area contributed by atoms with Crippen LogP contribution >= 0.6 is 0 Å². The summed E-state index contributed by atoms with van der Waals surface area (Å²) in [6.07, 6.45) is 1.53. The molecule has 0 bridgehead atoms. The van der Waals surface area contributed by atoms with Gasteiger partial charge in [0.05, 0.1) is 0 Å². The predicted octanol–water partition coefficient (Wildman–Crippen LogP) is -0.586. The van der Waals surface area contributed by atoms with Crippen LogP contribution in [0.3, 0.4) is 0 Å². The highest BCUT2D eigenvalue weighted by molar-refractivity contribution is 5.81. The van der Waals surface area contributed by atoms with Gasteiger partial charge in [-0.2, -0.15) is 0 Å². The Balaban J connectivity index is 3.72. The van der Waals surface area contributed by atoms with E-state index in [2.05, 4.69) is 10.6 Å². The Hall–Kier alpha value is -1.79. The number of primary amides is 1. The highest BCUT2D eigenvalue weighted by Gasteiger charge is 2.17.